The van der Waals surface area contributed by atoms with Crippen molar-refractivity contribution in [3.8, 4) is 0 Å². The van der Waals surface area contributed by atoms with E-state index in [1.807, 2.05) is 68.4 Å². The minimum Gasteiger partial charge on any atom is -0.353 e. The van der Waals surface area contributed by atoms with Gasteiger partial charge in [0.1, 0.15) is 6.54 Å². The molecule has 0 aliphatic heterocycles. The topological polar surface area (TPSA) is 71.4 Å². The SMILES string of the molecule is Cc1ccccc1CS(=O)(=O)c1cn(CC(=O)NCCN(C)C)c2ccccc12. The third-order valence-electron chi connectivity index (χ3n) is 4.89. The Balaban J connectivity index is 1.89. The number of para-hydroxylation sites is 1. The number of nitrogens with zero attached hydrogens (tertiary/aromatic N) is 2. The van der Waals surface area contributed by atoms with Crippen molar-refractivity contribution >= 4 is 26.6 Å². The number of carbonyl (C=O) groups excluding carboxylic acids is 1. The first-order chi connectivity index (χ1) is 13.8. The van der Waals surface area contributed by atoms with Gasteiger partial charge >= 0.3 is 0 Å². The minimum absolute atomic E-state index is 0.0668. The number of aromatic nitrogens is 1. The number of hydrogen-bond donors (Lipinski definition) is 1. The average Bonchev–Trinajstić information content (AvgIpc) is 3.03. The lowest BCUT2D eigenvalue weighted by atomic mass is 10.1. The van der Waals surface area contributed by atoms with Crippen LogP contribution in [0.2, 0.25) is 0 Å². The number of rotatable bonds is 8. The van der Waals surface area contributed by atoms with Crippen LogP contribution in [0.5, 0.6) is 0 Å². The van der Waals surface area contributed by atoms with E-state index in [1.165, 1.54) is 0 Å². The molecule has 0 unspecified atom stereocenters. The molecule has 3 aromatic rings. The van der Waals surface area contributed by atoms with Gasteiger partial charge < -0.3 is 14.8 Å². The number of hydrogen-bond acceptors (Lipinski definition) is 4. The molecule has 0 aliphatic carbocycles. The van der Waals surface area contributed by atoms with Crippen molar-refractivity contribution in [2.45, 2.75) is 24.1 Å². The van der Waals surface area contributed by atoms with Crippen LogP contribution < -0.4 is 5.32 Å². The van der Waals surface area contributed by atoms with Crippen molar-refractivity contribution in [1.29, 1.82) is 0 Å². The molecule has 29 heavy (non-hydrogen) atoms. The fourth-order valence-electron chi connectivity index (χ4n) is 3.28. The second-order valence-corrected chi connectivity index (χ2v) is 9.44. The first-order valence-corrected chi connectivity index (χ1v) is 11.2. The molecule has 1 aromatic heterocycles. The summed E-state index contributed by atoms with van der Waals surface area (Å²) in [5, 5.41) is 3.51. The van der Waals surface area contributed by atoms with Gasteiger partial charge in [0.2, 0.25) is 5.91 Å². The highest BCUT2D eigenvalue weighted by molar-refractivity contribution is 7.90. The maximum absolute atomic E-state index is 13.2. The van der Waals surface area contributed by atoms with Crippen molar-refractivity contribution < 1.29 is 13.2 Å². The summed E-state index contributed by atoms with van der Waals surface area (Å²) < 4.78 is 28.1. The Morgan fingerprint density at radius 2 is 1.76 bits per heavy atom. The van der Waals surface area contributed by atoms with Crippen LogP contribution in [-0.4, -0.2) is 51.0 Å². The Morgan fingerprint density at radius 1 is 1.07 bits per heavy atom. The fraction of sp³-hybridized carbons (Fsp3) is 0.318. The molecule has 1 heterocycles. The molecule has 1 N–H and O–H groups in total. The molecule has 7 heteroatoms. The molecule has 154 valence electrons. The van der Waals surface area contributed by atoms with Crippen molar-refractivity contribution in [1.82, 2.24) is 14.8 Å². The van der Waals surface area contributed by atoms with Gasteiger partial charge in [0.05, 0.1) is 10.6 Å². The second-order valence-electron chi connectivity index (χ2n) is 7.48. The van der Waals surface area contributed by atoms with Gasteiger partial charge in [-0.05, 0) is 38.2 Å². The van der Waals surface area contributed by atoms with Crippen LogP contribution in [0.15, 0.2) is 59.6 Å². The van der Waals surface area contributed by atoms with E-state index in [0.29, 0.717) is 11.9 Å². The van der Waals surface area contributed by atoms with E-state index in [2.05, 4.69) is 5.32 Å². The molecule has 0 saturated heterocycles. The molecular weight excluding hydrogens is 386 g/mol. The molecule has 2 aromatic carbocycles. The van der Waals surface area contributed by atoms with Crippen LogP contribution in [-0.2, 0) is 26.9 Å². The van der Waals surface area contributed by atoms with E-state index in [-0.39, 0.29) is 23.1 Å². The predicted octanol–water partition coefficient (Wildman–Crippen LogP) is 2.60. The zero-order valence-corrected chi connectivity index (χ0v) is 17.9. The highest BCUT2D eigenvalue weighted by atomic mass is 32.2. The Hall–Kier alpha value is -2.64. The third kappa shape index (κ3) is 5.05. The normalized spacial score (nSPS) is 11.9. The second kappa shape index (κ2) is 8.80. The summed E-state index contributed by atoms with van der Waals surface area (Å²) in [6, 6.07) is 14.8. The van der Waals surface area contributed by atoms with Crippen LogP contribution in [0.3, 0.4) is 0 Å². The summed E-state index contributed by atoms with van der Waals surface area (Å²) in [6.07, 6.45) is 1.59. The maximum Gasteiger partial charge on any atom is 0.239 e. The zero-order valence-electron chi connectivity index (χ0n) is 17.1. The van der Waals surface area contributed by atoms with Gasteiger partial charge in [-0.15, -0.1) is 0 Å². The lowest BCUT2D eigenvalue weighted by Crippen LogP contribution is -2.33. The lowest BCUT2D eigenvalue weighted by Gasteiger charge is -2.11. The molecule has 0 aliphatic rings. The van der Waals surface area contributed by atoms with E-state index in [1.54, 1.807) is 16.8 Å². The average molecular weight is 414 g/mol. The largest absolute Gasteiger partial charge is 0.353 e. The Labute approximate surface area is 172 Å². The minimum atomic E-state index is -3.56. The number of nitrogens with one attached hydrogen (secondary N) is 1. The summed E-state index contributed by atoms with van der Waals surface area (Å²) in [4.78, 5) is 14.6. The molecule has 6 nitrogen and oxygen atoms in total. The molecule has 3 rings (SSSR count). The summed E-state index contributed by atoms with van der Waals surface area (Å²) in [6.45, 7) is 3.28. The molecule has 0 fully saturated rings. The number of likely N-dealkylation sites (N-methyl/N-ethyl adjacent to an activating group) is 1. The standard InChI is InChI=1S/C22H27N3O3S/c1-17-8-4-5-9-18(17)16-29(27,28)21-14-25(20-11-7-6-10-19(20)21)15-22(26)23-12-13-24(2)3/h4-11,14H,12-13,15-16H2,1-3H3,(H,23,26). The highest BCUT2D eigenvalue weighted by Crippen LogP contribution is 2.28. The summed E-state index contributed by atoms with van der Waals surface area (Å²) >= 11 is 0. The molecule has 1 amide bonds. The zero-order chi connectivity index (χ0) is 21.0. The van der Waals surface area contributed by atoms with Crippen molar-refractivity contribution in [3.63, 3.8) is 0 Å². The molecule has 0 spiro atoms. The molecule has 0 atom stereocenters. The summed E-state index contributed by atoms with van der Waals surface area (Å²) in [7, 11) is 0.319. The highest BCUT2D eigenvalue weighted by Gasteiger charge is 2.23. The van der Waals surface area contributed by atoms with Crippen molar-refractivity contribution in [2.24, 2.45) is 0 Å². The van der Waals surface area contributed by atoms with Crippen molar-refractivity contribution in [2.75, 3.05) is 27.2 Å². The number of benzene rings is 2. The fourth-order valence-corrected chi connectivity index (χ4v) is 4.96. The summed E-state index contributed by atoms with van der Waals surface area (Å²) in [5.74, 6) is -0.210. The Bertz CT molecular complexity index is 1120. The third-order valence-corrected chi connectivity index (χ3v) is 6.58. The van der Waals surface area contributed by atoms with Crippen LogP contribution in [0.25, 0.3) is 10.9 Å². The monoisotopic (exact) mass is 413 g/mol. The first kappa shape index (κ1) is 21.1. The number of fused-ring (bicyclic) bond motifs is 1. The van der Waals surface area contributed by atoms with E-state index < -0.39 is 9.84 Å². The maximum atomic E-state index is 13.2. The number of aryl methyl sites for hydroxylation is 1. The molecule has 0 radical (unpaired) electrons. The Kier molecular flexibility index (Phi) is 6.39. The van der Waals surface area contributed by atoms with Gasteiger partial charge in [0.25, 0.3) is 0 Å². The lowest BCUT2D eigenvalue weighted by molar-refractivity contribution is -0.121. The van der Waals surface area contributed by atoms with Crippen LogP contribution in [0.1, 0.15) is 11.1 Å². The quantitative estimate of drug-likeness (QED) is 0.616. The van der Waals surface area contributed by atoms with E-state index in [9.17, 15) is 13.2 Å². The first-order valence-electron chi connectivity index (χ1n) is 9.54. The smallest absolute Gasteiger partial charge is 0.239 e. The van der Waals surface area contributed by atoms with Gasteiger partial charge in [-0.25, -0.2) is 8.42 Å². The van der Waals surface area contributed by atoms with E-state index >= 15 is 0 Å². The van der Waals surface area contributed by atoms with Crippen molar-refractivity contribution in [3.05, 3.63) is 65.9 Å². The molecule has 0 saturated carbocycles. The predicted molar refractivity (Wildman–Crippen MR) is 116 cm³/mol. The van der Waals surface area contributed by atoms with Crippen LogP contribution in [0, 0.1) is 6.92 Å². The van der Waals surface area contributed by atoms with Gasteiger partial charge in [-0.3, -0.25) is 4.79 Å². The number of sulfone groups is 1. The Morgan fingerprint density at radius 3 is 2.48 bits per heavy atom. The number of amides is 1. The van der Waals surface area contributed by atoms with E-state index in [0.717, 1.165) is 23.2 Å². The van der Waals surface area contributed by atoms with Crippen LogP contribution >= 0.6 is 0 Å². The number of carbonyl (C=O) groups is 1. The molecule has 0 bridgehead atoms. The van der Waals surface area contributed by atoms with Gasteiger partial charge in [-0.1, -0.05) is 42.5 Å². The van der Waals surface area contributed by atoms with Crippen LogP contribution in [0.4, 0.5) is 0 Å². The molecular formula is C22H27N3O3S. The van der Waals surface area contributed by atoms with E-state index in [4.69, 9.17) is 0 Å². The van der Waals surface area contributed by atoms with Gasteiger partial charge in [0, 0.05) is 30.2 Å². The van der Waals surface area contributed by atoms with Gasteiger partial charge in [-0.2, -0.15) is 0 Å². The van der Waals surface area contributed by atoms with Gasteiger partial charge in [0.15, 0.2) is 9.84 Å². The summed E-state index contributed by atoms with van der Waals surface area (Å²) in [5.41, 5.74) is 2.46.